The highest BCUT2D eigenvalue weighted by Gasteiger charge is 2.17. The number of carbonyl (C=O) groups excluding carboxylic acids is 2. The van der Waals surface area contributed by atoms with Crippen molar-refractivity contribution in [3.63, 3.8) is 0 Å². The lowest BCUT2D eigenvalue weighted by Crippen LogP contribution is -2.36. The average Bonchev–Trinajstić information content (AvgIpc) is 2.45. The van der Waals surface area contributed by atoms with Gasteiger partial charge in [-0.2, -0.15) is 0 Å². The molecule has 1 rings (SSSR count). The summed E-state index contributed by atoms with van der Waals surface area (Å²) in [7, 11) is -2.18. The monoisotopic (exact) mass is 344 g/mol. The standard InChI is InChI=1S/C13H20N4O5S/c1-9(8-22-2)17-23(20,21)11-5-3-10(4-6-11)16-12(18)7-15-13(14)19/h3-6,9,17H,7-8H2,1-2H3,(H,16,18)(H3,14,15,19). The van der Waals surface area contributed by atoms with Crippen LogP contribution in [0.3, 0.4) is 0 Å². The van der Waals surface area contributed by atoms with Crippen LogP contribution in [0.2, 0.25) is 0 Å². The van der Waals surface area contributed by atoms with Crippen LogP contribution >= 0.6 is 0 Å². The van der Waals surface area contributed by atoms with Crippen molar-refractivity contribution in [2.45, 2.75) is 17.9 Å². The zero-order chi connectivity index (χ0) is 17.5. The number of rotatable bonds is 8. The number of carbonyl (C=O) groups is 2. The number of primary amides is 1. The van der Waals surface area contributed by atoms with Gasteiger partial charge in [0.2, 0.25) is 15.9 Å². The van der Waals surface area contributed by atoms with E-state index in [1.165, 1.54) is 31.4 Å². The van der Waals surface area contributed by atoms with Crippen LogP contribution < -0.4 is 21.1 Å². The molecule has 1 atom stereocenters. The summed E-state index contributed by atoms with van der Waals surface area (Å²) in [5.74, 6) is -0.480. The van der Waals surface area contributed by atoms with Crippen LogP contribution in [-0.2, 0) is 19.6 Å². The van der Waals surface area contributed by atoms with Gasteiger partial charge in [-0.05, 0) is 31.2 Å². The minimum atomic E-state index is -3.66. The number of methoxy groups -OCH3 is 1. The van der Waals surface area contributed by atoms with E-state index in [9.17, 15) is 18.0 Å². The first kappa shape index (κ1) is 18.9. The van der Waals surface area contributed by atoms with Crippen LogP contribution in [0, 0.1) is 0 Å². The van der Waals surface area contributed by atoms with E-state index in [1.807, 2.05) is 0 Å². The highest BCUT2D eigenvalue weighted by Crippen LogP contribution is 2.14. The number of amides is 3. The predicted molar refractivity (Wildman–Crippen MR) is 84.3 cm³/mol. The molecule has 0 aliphatic heterocycles. The van der Waals surface area contributed by atoms with Crippen molar-refractivity contribution in [1.29, 1.82) is 0 Å². The number of nitrogens with one attached hydrogen (secondary N) is 3. The molecule has 0 saturated carbocycles. The summed E-state index contributed by atoms with van der Waals surface area (Å²) in [6.45, 7) is 1.66. The van der Waals surface area contributed by atoms with E-state index >= 15 is 0 Å². The Balaban J connectivity index is 2.68. The summed E-state index contributed by atoms with van der Waals surface area (Å²) in [5.41, 5.74) is 5.24. The lowest BCUT2D eigenvalue weighted by atomic mass is 10.3. The maximum atomic E-state index is 12.1. The Kier molecular flexibility index (Phi) is 6.94. The fourth-order valence-electron chi connectivity index (χ4n) is 1.71. The Morgan fingerprint density at radius 1 is 1.26 bits per heavy atom. The molecule has 1 aromatic carbocycles. The second kappa shape index (κ2) is 8.46. The first-order chi connectivity index (χ1) is 10.7. The van der Waals surface area contributed by atoms with Crippen LogP contribution in [0.5, 0.6) is 0 Å². The molecule has 0 aliphatic rings. The molecule has 10 heteroatoms. The Hall–Kier alpha value is -2.17. The normalized spacial score (nSPS) is 12.4. The highest BCUT2D eigenvalue weighted by molar-refractivity contribution is 7.89. The van der Waals surface area contributed by atoms with Crippen LogP contribution in [0.1, 0.15) is 6.92 Å². The second-order valence-corrected chi connectivity index (χ2v) is 6.48. The van der Waals surface area contributed by atoms with Gasteiger partial charge in [0.15, 0.2) is 0 Å². The van der Waals surface area contributed by atoms with Gasteiger partial charge < -0.3 is 21.1 Å². The lowest BCUT2D eigenvalue weighted by Gasteiger charge is -2.13. The van der Waals surface area contributed by atoms with Crippen molar-refractivity contribution < 1.29 is 22.7 Å². The number of ether oxygens (including phenoxy) is 1. The van der Waals surface area contributed by atoms with Gasteiger partial charge in [-0.1, -0.05) is 0 Å². The lowest BCUT2D eigenvalue weighted by molar-refractivity contribution is -0.115. The second-order valence-electron chi connectivity index (χ2n) is 4.77. The third-order valence-corrected chi connectivity index (χ3v) is 4.25. The molecular formula is C13H20N4O5S. The first-order valence-corrected chi connectivity index (χ1v) is 8.17. The maximum Gasteiger partial charge on any atom is 0.312 e. The Bertz CT molecular complexity index is 645. The summed E-state index contributed by atoms with van der Waals surface area (Å²) in [6.07, 6.45) is 0. The van der Waals surface area contributed by atoms with Gasteiger partial charge in [0.25, 0.3) is 0 Å². The largest absolute Gasteiger partial charge is 0.383 e. The molecule has 0 aromatic heterocycles. The molecule has 5 N–H and O–H groups in total. The van der Waals surface area contributed by atoms with E-state index in [-0.39, 0.29) is 24.1 Å². The molecule has 0 heterocycles. The fourth-order valence-corrected chi connectivity index (χ4v) is 2.94. The highest BCUT2D eigenvalue weighted by atomic mass is 32.2. The van der Waals surface area contributed by atoms with Crippen molar-refractivity contribution in [3.05, 3.63) is 24.3 Å². The Labute approximate surface area is 134 Å². The van der Waals surface area contributed by atoms with Gasteiger partial charge in [-0.25, -0.2) is 17.9 Å². The average molecular weight is 344 g/mol. The molecular weight excluding hydrogens is 324 g/mol. The summed E-state index contributed by atoms with van der Waals surface area (Å²) in [6, 6.07) is 4.43. The molecule has 0 aliphatic carbocycles. The molecule has 1 aromatic rings. The summed E-state index contributed by atoms with van der Waals surface area (Å²) in [4.78, 5) is 22.0. The SMILES string of the molecule is COCC(C)NS(=O)(=O)c1ccc(NC(=O)CNC(N)=O)cc1. The zero-order valence-corrected chi connectivity index (χ0v) is 13.6. The number of benzene rings is 1. The van der Waals surface area contributed by atoms with Crippen LogP contribution in [-0.4, -0.2) is 46.7 Å². The minimum absolute atomic E-state index is 0.0636. The van der Waals surface area contributed by atoms with E-state index in [0.29, 0.717) is 5.69 Å². The zero-order valence-electron chi connectivity index (χ0n) is 12.8. The number of nitrogens with two attached hydrogens (primary N) is 1. The van der Waals surface area contributed by atoms with E-state index in [4.69, 9.17) is 10.5 Å². The molecule has 9 nitrogen and oxygen atoms in total. The third kappa shape index (κ3) is 6.63. The van der Waals surface area contributed by atoms with Gasteiger partial charge in [0.05, 0.1) is 18.0 Å². The number of anilines is 1. The molecule has 1 unspecified atom stereocenters. The number of hydrogen-bond donors (Lipinski definition) is 4. The molecule has 0 fully saturated rings. The van der Waals surface area contributed by atoms with Crippen molar-refractivity contribution in [2.75, 3.05) is 25.6 Å². The van der Waals surface area contributed by atoms with Crippen molar-refractivity contribution in [1.82, 2.24) is 10.0 Å². The minimum Gasteiger partial charge on any atom is -0.383 e. The quantitative estimate of drug-likeness (QED) is 0.508. The fraction of sp³-hybridized carbons (Fsp3) is 0.385. The van der Waals surface area contributed by atoms with Crippen molar-refractivity contribution in [3.8, 4) is 0 Å². The summed E-state index contributed by atoms with van der Waals surface area (Å²) >= 11 is 0. The summed E-state index contributed by atoms with van der Waals surface area (Å²) < 4.78 is 31.6. The Morgan fingerprint density at radius 2 is 1.87 bits per heavy atom. The van der Waals surface area contributed by atoms with E-state index in [2.05, 4.69) is 15.4 Å². The van der Waals surface area contributed by atoms with Gasteiger partial charge in [-0.3, -0.25) is 4.79 Å². The third-order valence-electron chi connectivity index (χ3n) is 2.64. The Morgan fingerprint density at radius 3 is 2.39 bits per heavy atom. The van der Waals surface area contributed by atoms with E-state index < -0.39 is 22.0 Å². The van der Waals surface area contributed by atoms with Crippen molar-refractivity contribution >= 4 is 27.6 Å². The van der Waals surface area contributed by atoms with Gasteiger partial charge in [-0.15, -0.1) is 0 Å². The molecule has 0 bridgehead atoms. The molecule has 128 valence electrons. The maximum absolute atomic E-state index is 12.1. The van der Waals surface area contributed by atoms with Crippen LogP contribution in [0.4, 0.5) is 10.5 Å². The summed E-state index contributed by atoms with van der Waals surface area (Å²) in [5, 5.41) is 4.64. The predicted octanol–water partition coefficient (Wildman–Crippen LogP) is -0.393. The van der Waals surface area contributed by atoms with Gasteiger partial charge in [0, 0.05) is 18.8 Å². The first-order valence-electron chi connectivity index (χ1n) is 6.69. The van der Waals surface area contributed by atoms with Crippen LogP contribution in [0.25, 0.3) is 0 Å². The molecule has 0 radical (unpaired) electrons. The van der Waals surface area contributed by atoms with Crippen molar-refractivity contribution in [2.24, 2.45) is 5.73 Å². The molecule has 3 amide bonds. The number of sulfonamides is 1. The molecule has 0 spiro atoms. The van der Waals surface area contributed by atoms with E-state index in [0.717, 1.165) is 0 Å². The molecule has 0 saturated heterocycles. The smallest absolute Gasteiger partial charge is 0.312 e. The number of hydrogen-bond acceptors (Lipinski definition) is 5. The van der Waals surface area contributed by atoms with Gasteiger partial charge >= 0.3 is 6.03 Å². The van der Waals surface area contributed by atoms with Crippen LogP contribution in [0.15, 0.2) is 29.2 Å². The molecule has 23 heavy (non-hydrogen) atoms. The number of urea groups is 1. The topological polar surface area (TPSA) is 140 Å². The van der Waals surface area contributed by atoms with Gasteiger partial charge in [0.1, 0.15) is 0 Å². The van der Waals surface area contributed by atoms with E-state index in [1.54, 1.807) is 6.92 Å².